The Labute approximate surface area is 95.7 Å². The minimum Gasteiger partial charge on any atom is -0.316 e. The smallest absolute Gasteiger partial charge is 0.264 e. The van der Waals surface area contributed by atoms with Gasteiger partial charge in [-0.3, -0.25) is 9.54 Å². The number of rotatable bonds is 7. The van der Waals surface area contributed by atoms with Crippen LogP contribution >= 0.6 is 0 Å². The molecule has 1 rings (SSSR count). The van der Waals surface area contributed by atoms with Gasteiger partial charge in [-0.05, 0) is 37.6 Å². The molecule has 6 heteroatoms. The van der Waals surface area contributed by atoms with E-state index in [-0.39, 0.29) is 5.75 Å². The van der Waals surface area contributed by atoms with Crippen molar-refractivity contribution in [1.82, 2.24) is 10.3 Å². The van der Waals surface area contributed by atoms with Crippen LogP contribution in [-0.2, 0) is 16.5 Å². The third kappa shape index (κ3) is 6.49. The van der Waals surface area contributed by atoms with E-state index in [0.29, 0.717) is 13.0 Å². The molecule has 1 aromatic heterocycles. The average molecular weight is 244 g/mol. The normalized spacial score (nSPS) is 11.6. The predicted molar refractivity (Wildman–Crippen MR) is 61.8 cm³/mol. The Balaban J connectivity index is 2.05. The average Bonchev–Trinajstić information content (AvgIpc) is 2.23. The molecule has 0 saturated heterocycles. The highest BCUT2D eigenvalue weighted by molar-refractivity contribution is 7.85. The van der Waals surface area contributed by atoms with E-state index < -0.39 is 10.1 Å². The summed E-state index contributed by atoms with van der Waals surface area (Å²) >= 11 is 0. The van der Waals surface area contributed by atoms with Crippen LogP contribution in [0, 0.1) is 0 Å². The molecule has 1 aromatic rings. The molecular weight excluding hydrogens is 228 g/mol. The van der Waals surface area contributed by atoms with E-state index in [9.17, 15) is 8.42 Å². The van der Waals surface area contributed by atoms with Gasteiger partial charge in [0.1, 0.15) is 0 Å². The van der Waals surface area contributed by atoms with Gasteiger partial charge >= 0.3 is 0 Å². The Morgan fingerprint density at radius 1 is 1.38 bits per heavy atom. The first-order valence-electron chi connectivity index (χ1n) is 5.13. The molecule has 0 atom stereocenters. The molecule has 0 aliphatic heterocycles. The van der Waals surface area contributed by atoms with Crippen LogP contribution in [-0.4, -0.2) is 36.8 Å². The van der Waals surface area contributed by atoms with Gasteiger partial charge in [0.15, 0.2) is 0 Å². The molecule has 0 spiro atoms. The van der Waals surface area contributed by atoms with Crippen LogP contribution in [0.25, 0.3) is 0 Å². The SMILES string of the molecule is O=S(=O)(O)CCCNCCc1cccnc1. The summed E-state index contributed by atoms with van der Waals surface area (Å²) in [5, 5.41) is 3.10. The van der Waals surface area contributed by atoms with E-state index in [1.54, 1.807) is 12.4 Å². The van der Waals surface area contributed by atoms with Gasteiger partial charge in [-0.1, -0.05) is 6.07 Å². The molecule has 1 heterocycles. The van der Waals surface area contributed by atoms with Gasteiger partial charge in [0.25, 0.3) is 10.1 Å². The number of aromatic nitrogens is 1. The first kappa shape index (κ1) is 13.1. The van der Waals surface area contributed by atoms with Gasteiger partial charge in [-0.2, -0.15) is 8.42 Å². The maximum atomic E-state index is 10.4. The lowest BCUT2D eigenvalue weighted by molar-refractivity contribution is 0.479. The van der Waals surface area contributed by atoms with Gasteiger partial charge in [-0.15, -0.1) is 0 Å². The summed E-state index contributed by atoms with van der Waals surface area (Å²) in [7, 11) is -3.81. The first-order valence-corrected chi connectivity index (χ1v) is 6.73. The Hall–Kier alpha value is -0.980. The lowest BCUT2D eigenvalue weighted by Gasteiger charge is -2.03. The lowest BCUT2D eigenvalue weighted by atomic mass is 10.2. The zero-order valence-corrected chi connectivity index (χ0v) is 9.78. The predicted octanol–water partition coefficient (Wildman–Crippen LogP) is 0.492. The van der Waals surface area contributed by atoms with Crippen LogP contribution in [0.1, 0.15) is 12.0 Å². The van der Waals surface area contributed by atoms with E-state index in [2.05, 4.69) is 10.3 Å². The van der Waals surface area contributed by atoms with Crippen LogP contribution in [0.2, 0.25) is 0 Å². The fourth-order valence-electron chi connectivity index (χ4n) is 1.28. The van der Waals surface area contributed by atoms with Crippen molar-refractivity contribution in [3.63, 3.8) is 0 Å². The molecule has 0 radical (unpaired) electrons. The quantitative estimate of drug-likeness (QED) is 0.539. The Bertz CT molecular complexity index is 392. The molecule has 0 fully saturated rings. The highest BCUT2D eigenvalue weighted by atomic mass is 32.2. The molecule has 0 aromatic carbocycles. The van der Waals surface area contributed by atoms with Crippen molar-refractivity contribution in [1.29, 1.82) is 0 Å². The first-order chi connectivity index (χ1) is 7.58. The van der Waals surface area contributed by atoms with Crippen LogP contribution < -0.4 is 5.32 Å². The van der Waals surface area contributed by atoms with E-state index in [4.69, 9.17) is 4.55 Å². The third-order valence-corrected chi connectivity index (χ3v) is 2.87. The number of hydrogen-bond acceptors (Lipinski definition) is 4. The Morgan fingerprint density at radius 2 is 2.19 bits per heavy atom. The molecule has 0 amide bonds. The maximum Gasteiger partial charge on any atom is 0.264 e. The zero-order valence-electron chi connectivity index (χ0n) is 8.96. The van der Waals surface area contributed by atoms with Crippen LogP contribution in [0.3, 0.4) is 0 Å². The summed E-state index contributed by atoms with van der Waals surface area (Å²) in [5.41, 5.74) is 1.14. The third-order valence-electron chi connectivity index (χ3n) is 2.07. The molecule has 0 aliphatic carbocycles. The van der Waals surface area contributed by atoms with Crippen LogP contribution in [0.4, 0.5) is 0 Å². The molecule has 0 unspecified atom stereocenters. The topological polar surface area (TPSA) is 79.3 Å². The summed E-state index contributed by atoms with van der Waals surface area (Å²) in [6.45, 7) is 1.36. The van der Waals surface area contributed by atoms with Gasteiger partial charge in [0.05, 0.1) is 5.75 Å². The monoisotopic (exact) mass is 244 g/mol. The summed E-state index contributed by atoms with van der Waals surface area (Å²) in [6.07, 6.45) is 4.81. The Morgan fingerprint density at radius 3 is 2.81 bits per heavy atom. The maximum absolute atomic E-state index is 10.4. The van der Waals surface area contributed by atoms with Crippen molar-refractivity contribution in [2.45, 2.75) is 12.8 Å². The Kier molecular flexibility index (Phi) is 5.37. The second-order valence-corrected chi connectivity index (χ2v) is 5.07. The molecule has 90 valence electrons. The fourth-order valence-corrected chi connectivity index (χ4v) is 1.79. The van der Waals surface area contributed by atoms with Crippen LogP contribution in [0.5, 0.6) is 0 Å². The van der Waals surface area contributed by atoms with Gasteiger partial charge in [0.2, 0.25) is 0 Å². The molecule has 5 nitrogen and oxygen atoms in total. The van der Waals surface area contributed by atoms with Crippen LogP contribution in [0.15, 0.2) is 24.5 Å². The molecular formula is C10H16N2O3S. The van der Waals surface area contributed by atoms with Gasteiger partial charge < -0.3 is 5.32 Å². The fraction of sp³-hybridized carbons (Fsp3) is 0.500. The van der Waals surface area contributed by atoms with Crippen molar-refractivity contribution in [2.24, 2.45) is 0 Å². The number of hydrogen-bond donors (Lipinski definition) is 2. The van der Waals surface area contributed by atoms with Crippen molar-refractivity contribution < 1.29 is 13.0 Å². The van der Waals surface area contributed by atoms with E-state index >= 15 is 0 Å². The zero-order chi connectivity index (χ0) is 11.9. The van der Waals surface area contributed by atoms with Gasteiger partial charge in [-0.25, -0.2) is 0 Å². The second-order valence-electron chi connectivity index (χ2n) is 3.50. The van der Waals surface area contributed by atoms with Crippen molar-refractivity contribution >= 4 is 10.1 Å². The lowest BCUT2D eigenvalue weighted by Crippen LogP contribution is -2.20. The largest absolute Gasteiger partial charge is 0.316 e. The summed E-state index contributed by atoms with van der Waals surface area (Å²) in [4.78, 5) is 3.99. The summed E-state index contributed by atoms with van der Waals surface area (Å²) in [5.74, 6) is -0.188. The number of pyridine rings is 1. The van der Waals surface area contributed by atoms with E-state index in [1.807, 2.05) is 12.1 Å². The van der Waals surface area contributed by atoms with E-state index in [0.717, 1.165) is 18.5 Å². The van der Waals surface area contributed by atoms with Gasteiger partial charge in [0, 0.05) is 12.4 Å². The summed E-state index contributed by atoms with van der Waals surface area (Å²) < 4.78 is 29.3. The minimum absolute atomic E-state index is 0.188. The van der Waals surface area contributed by atoms with Crippen molar-refractivity contribution in [2.75, 3.05) is 18.8 Å². The summed E-state index contributed by atoms with van der Waals surface area (Å²) in [6, 6.07) is 3.88. The standard InChI is InChI=1S/C10H16N2O3S/c13-16(14,15)8-2-6-11-7-4-10-3-1-5-12-9-10/h1,3,5,9,11H,2,4,6-8H2,(H,13,14,15). The molecule has 0 bridgehead atoms. The van der Waals surface area contributed by atoms with E-state index in [1.165, 1.54) is 0 Å². The number of nitrogens with zero attached hydrogens (tertiary/aromatic N) is 1. The molecule has 0 saturated carbocycles. The minimum atomic E-state index is -3.81. The highest BCUT2D eigenvalue weighted by Crippen LogP contribution is 1.95. The van der Waals surface area contributed by atoms with Crippen molar-refractivity contribution in [3.8, 4) is 0 Å². The second kappa shape index (κ2) is 6.57. The molecule has 0 aliphatic rings. The van der Waals surface area contributed by atoms with Crippen molar-refractivity contribution in [3.05, 3.63) is 30.1 Å². The highest BCUT2D eigenvalue weighted by Gasteiger charge is 2.02. The molecule has 16 heavy (non-hydrogen) atoms. The molecule has 2 N–H and O–H groups in total. The number of nitrogens with one attached hydrogen (secondary N) is 1.